The SMILES string of the molecule is CC(C)Oc1cccc(C(=O)n2cc(C=O)c3ccccc32)c1. The minimum Gasteiger partial charge on any atom is -0.491 e. The summed E-state index contributed by atoms with van der Waals surface area (Å²) in [6.07, 6.45) is 2.38. The maximum atomic E-state index is 12.8. The second kappa shape index (κ2) is 6.08. The molecule has 116 valence electrons. The van der Waals surface area contributed by atoms with Gasteiger partial charge in [0.1, 0.15) is 5.75 Å². The molecule has 1 heterocycles. The number of para-hydroxylation sites is 1. The van der Waals surface area contributed by atoms with Crippen LogP contribution in [-0.2, 0) is 0 Å². The number of aldehydes is 1. The van der Waals surface area contributed by atoms with E-state index in [1.807, 2.05) is 44.2 Å². The molecular weight excluding hydrogens is 290 g/mol. The molecule has 0 aliphatic rings. The fraction of sp³-hybridized carbons (Fsp3) is 0.158. The van der Waals surface area contributed by atoms with Crippen molar-refractivity contribution < 1.29 is 14.3 Å². The van der Waals surface area contributed by atoms with Crippen molar-refractivity contribution in [1.82, 2.24) is 4.57 Å². The fourth-order valence-electron chi connectivity index (χ4n) is 2.58. The van der Waals surface area contributed by atoms with Crippen LogP contribution in [-0.4, -0.2) is 22.9 Å². The quantitative estimate of drug-likeness (QED) is 0.686. The lowest BCUT2D eigenvalue weighted by molar-refractivity contribution is 0.0964. The summed E-state index contributed by atoms with van der Waals surface area (Å²) in [6.45, 7) is 3.87. The highest BCUT2D eigenvalue weighted by Gasteiger charge is 2.15. The van der Waals surface area contributed by atoms with Gasteiger partial charge in [-0.2, -0.15) is 0 Å². The Labute approximate surface area is 134 Å². The number of ether oxygens (including phenoxy) is 1. The van der Waals surface area contributed by atoms with Crippen LogP contribution in [0.5, 0.6) is 5.75 Å². The fourth-order valence-corrected chi connectivity index (χ4v) is 2.58. The number of hydrogen-bond acceptors (Lipinski definition) is 3. The summed E-state index contributed by atoms with van der Waals surface area (Å²) in [5, 5.41) is 0.769. The zero-order valence-corrected chi connectivity index (χ0v) is 13.0. The highest BCUT2D eigenvalue weighted by molar-refractivity contribution is 6.06. The van der Waals surface area contributed by atoms with Crippen LogP contribution >= 0.6 is 0 Å². The van der Waals surface area contributed by atoms with Crippen molar-refractivity contribution >= 4 is 23.1 Å². The predicted octanol–water partition coefficient (Wildman–Crippen LogP) is 3.93. The monoisotopic (exact) mass is 307 g/mol. The molecule has 23 heavy (non-hydrogen) atoms. The van der Waals surface area contributed by atoms with Gasteiger partial charge in [0.15, 0.2) is 6.29 Å². The van der Waals surface area contributed by atoms with Crippen molar-refractivity contribution in [3.05, 3.63) is 65.9 Å². The number of hydrogen-bond donors (Lipinski definition) is 0. The lowest BCUT2D eigenvalue weighted by Crippen LogP contribution is -2.12. The van der Waals surface area contributed by atoms with Crippen molar-refractivity contribution in [3.63, 3.8) is 0 Å². The summed E-state index contributed by atoms with van der Waals surface area (Å²) >= 11 is 0. The molecule has 3 rings (SSSR count). The first-order chi connectivity index (χ1) is 11.1. The van der Waals surface area contributed by atoms with Crippen LogP contribution in [0.25, 0.3) is 10.9 Å². The molecule has 1 aromatic heterocycles. The third kappa shape index (κ3) is 2.88. The van der Waals surface area contributed by atoms with Gasteiger partial charge in [-0.1, -0.05) is 24.3 Å². The molecule has 0 spiro atoms. The van der Waals surface area contributed by atoms with Crippen molar-refractivity contribution in [1.29, 1.82) is 0 Å². The molecule has 0 unspecified atom stereocenters. The van der Waals surface area contributed by atoms with Crippen LogP contribution in [0, 0.1) is 0 Å². The van der Waals surface area contributed by atoms with Gasteiger partial charge in [-0.15, -0.1) is 0 Å². The third-order valence-corrected chi connectivity index (χ3v) is 3.54. The molecule has 0 atom stereocenters. The second-order valence-corrected chi connectivity index (χ2v) is 5.59. The Morgan fingerprint density at radius 1 is 1.13 bits per heavy atom. The molecule has 4 heteroatoms. The Hall–Kier alpha value is -2.88. The van der Waals surface area contributed by atoms with E-state index in [0.29, 0.717) is 16.9 Å². The van der Waals surface area contributed by atoms with Gasteiger partial charge < -0.3 is 4.74 Å². The van der Waals surface area contributed by atoms with E-state index in [0.717, 1.165) is 17.2 Å². The third-order valence-electron chi connectivity index (χ3n) is 3.54. The molecule has 0 aliphatic carbocycles. The normalized spacial score (nSPS) is 10.9. The van der Waals surface area contributed by atoms with Crippen LogP contribution in [0.3, 0.4) is 0 Å². The first kappa shape index (κ1) is 15.0. The van der Waals surface area contributed by atoms with Crippen LogP contribution < -0.4 is 4.74 Å². The molecule has 0 amide bonds. The van der Waals surface area contributed by atoms with Gasteiger partial charge in [0, 0.05) is 22.7 Å². The van der Waals surface area contributed by atoms with Crippen molar-refractivity contribution in [2.75, 3.05) is 0 Å². The summed E-state index contributed by atoms with van der Waals surface area (Å²) in [4.78, 5) is 24.0. The van der Waals surface area contributed by atoms with Crippen molar-refractivity contribution in [2.24, 2.45) is 0 Å². The van der Waals surface area contributed by atoms with E-state index in [2.05, 4.69) is 0 Å². The Morgan fingerprint density at radius 3 is 2.65 bits per heavy atom. The first-order valence-electron chi connectivity index (χ1n) is 7.47. The number of fused-ring (bicyclic) bond motifs is 1. The lowest BCUT2D eigenvalue weighted by Gasteiger charge is -2.11. The Bertz CT molecular complexity index is 877. The smallest absolute Gasteiger partial charge is 0.262 e. The first-order valence-corrected chi connectivity index (χ1v) is 7.47. The average Bonchev–Trinajstić information content (AvgIpc) is 2.92. The Kier molecular flexibility index (Phi) is 3.98. The molecule has 4 nitrogen and oxygen atoms in total. The summed E-state index contributed by atoms with van der Waals surface area (Å²) in [5.74, 6) is 0.460. The van der Waals surface area contributed by atoms with E-state index < -0.39 is 0 Å². The molecule has 0 aliphatic heterocycles. The Morgan fingerprint density at radius 2 is 1.91 bits per heavy atom. The minimum atomic E-state index is -0.191. The molecule has 0 bridgehead atoms. The average molecular weight is 307 g/mol. The van der Waals surface area contributed by atoms with Crippen LogP contribution in [0.15, 0.2) is 54.7 Å². The number of benzene rings is 2. The molecular formula is C19H17NO3. The molecule has 3 aromatic rings. The maximum absolute atomic E-state index is 12.8. The molecule has 2 aromatic carbocycles. The van der Waals surface area contributed by atoms with Gasteiger partial charge >= 0.3 is 0 Å². The topological polar surface area (TPSA) is 48.3 Å². The maximum Gasteiger partial charge on any atom is 0.262 e. The van der Waals surface area contributed by atoms with Crippen LogP contribution in [0.1, 0.15) is 34.6 Å². The standard InChI is InChI=1S/C19H17NO3/c1-13(2)23-16-7-5-6-14(10-16)19(22)20-11-15(12-21)17-8-3-4-9-18(17)20/h3-13H,1-2H3. The highest BCUT2D eigenvalue weighted by atomic mass is 16.5. The zero-order chi connectivity index (χ0) is 16.4. The summed E-state index contributed by atoms with van der Waals surface area (Å²) < 4.78 is 7.14. The van der Waals surface area contributed by atoms with Gasteiger partial charge in [0.25, 0.3) is 5.91 Å². The highest BCUT2D eigenvalue weighted by Crippen LogP contribution is 2.22. The van der Waals surface area contributed by atoms with E-state index in [4.69, 9.17) is 4.74 Å². The number of aromatic nitrogens is 1. The summed E-state index contributed by atoms with van der Waals surface area (Å²) in [7, 11) is 0. The number of nitrogens with zero attached hydrogens (tertiary/aromatic N) is 1. The summed E-state index contributed by atoms with van der Waals surface area (Å²) in [6, 6.07) is 14.4. The van der Waals surface area contributed by atoms with E-state index in [-0.39, 0.29) is 12.0 Å². The van der Waals surface area contributed by atoms with Gasteiger partial charge in [-0.3, -0.25) is 14.2 Å². The van der Waals surface area contributed by atoms with Crippen LogP contribution in [0.4, 0.5) is 0 Å². The van der Waals surface area contributed by atoms with Gasteiger partial charge in [0.2, 0.25) is 0 Å². The van der Waals surface area contributed by atoms with Crippen molar-refractivity contribution in [3.8, 4) is 5.75 Å². The minimum absolute atomic E-state index is 0.0365. The van der Waals surface area contributed by atoms with Crippen molar-refractivity contribution in [2.45, 2.75) is 20.0 Å². The Balaban J connectivity index is 2.06. The van der Waals surface area contributed by atoms with Gasteiger partial charge in [-0.05, 0) is 38.1 Å². The lowest BCUT2D eigenvalue weighted by atomic mass is 10.2. The van der Waals surface area contributed by atoms with Gasteiger partial charge in [0.05, 0.1) is 11.6 Å². The van der Waals surface area contributed by atoms with Gasteiger partial charge in [-0.25, -0.2) is 0 Å². The number of rotatable bonds is 4. The molecule has 0 radical (unpaired) electrons. The van der Waals surface area contributed by atoms with Crippen LogP contribution in [0.2, 0.25) is 0 Å². The van der Waals surface area contributed by atoms with E-state index in [1.54, 1.807) is 24.4 Å². The summed E-state index contributed by atoms with van der Waals surface area (Å²) in [5.41, 5.74) is 1.74. The van der Waals surface area contributed by atoms with E-state index in [1.165, 1.54) is 4.57 Å². The molecule has 0 saturated heterocycles. The molecule has 0 saturated carbocycles. The number of carbonyl (C=O) groups is 2. The molecule has 0 fully saturated rings. The molecule has 0 N–H and O–H groups in total. The zero-order valence-electron chi connectivity index (χ0n) is 13.0. The second-order valence-electron chi connectivity index (χ2n) is 5.59. The van der Waals surface area contributed by atoms with E-state index >= 15 is 0 Å². The number of carbonyl (C=O) groups excluding carboxylic acids is 2. The largest absolute Gasteiger partial charge is 0.491 e. The predicted molar refractivity (Wildman–Crippen MR) is 89.3 cm³/mol. The van der Waals surface area contributed by atoms with E-state index in [9.17, 15) is 9.59 Å².